The zero-order chi connectivity index (χ0) is 21.7. The van der Waals surface area contributed by atoms with Crippen LogP contribution in [-0.4, -0.2) is 43.5 Å². The average molecular weight is 403 g/mol. The molecule has 2 aromatic rings. The third-order valence-corrected chi connectivity index (χ3v) is 5.13. The Labute approximate surface area is 177 Å². The van der Waals surface area contributed by atoms with E-state index in [0.717, 1.165) is 17.7 Å². The highest BCUT2D eigenvalue weighted by molar-refractivity contribution is 5.99. The average Bonchev–Trinajstić information content (AvgIpc) is 2.76. The van der Waals surface area contributed by atoms with Crippen LogP contribution in [0.2, 0.25) is 0 Å². The summed E-state index contributed by atoms with van der Waals surface area (Å²) >= 11 is 0. The molecule has 0 aliphatic carbocycles. The van der Waals surface area contributed by atoms with Crippen molar-refractivity contribution < 1.29 is 14.3 Å². The van der Waals surface area contributed by atoms with E-state index in [9.17, 15) is 14.9 Å². The Kier molecular flexibility index (Phi) is 6.53. The first kappa shape index (κ1) is 21.1. The van der Waals surface area contributed by atoms with Crippen LogP contribution in [0.4, 0.5) is 5.69 Å². The van der Waals surface area contributed by atoms with Crippen LogP contribution in [0.25, 0.3) is 6.08 Å². The first-order valence-electron chi connectivity index (χ1n) is 9.84. The van der Waals surface area contributed by atoms with Gasteiger partial charge in [0.25, 0.3) is 5.91 Å². The Bertz CT molecular complexity index is 1000. The Balaban J connectivity index is 1.65. The van der Waals surface area contributed by atoms with Gasteiger partial charge in [0.15, 0.2) is 6.10 Å². The molecule has 1 aliphatic heterocycles. The van der Waals surface area contributed by atoms with Crippen molar-refractivity contribution in [1.82, 2.24) is 4.90 Å². The van der Waals surface area contributed by atoms with E-state index in [1.807, 2.05) is 67.5 Å². The van der Waals surface area contributed by atoms with Crippen molar-refractivity contribution in [3.63, 3.8) is 0 Å². The summed E-state index contributed by atoms with van der Waals surface area (Å²) in [5.74, 6) is -1.06. The molecule has 0 bridgehead atoms. The maximum atomic E-state index is 12.8. The quantitative estimate of drug-likeness (QED) is 0.436. The van der Waals surface area contributed by atoms with Gasteiger partial charge in [0.2, 0.25) is 0 Å². The predicted molar refractivity (Wildman–Crippen MR) is 115 cm³/mol. The van der Waals surface area contributed by atoms with Crippen LogP contribution in [0.3, 0.4) is 0 Å². The highest BCUT2D eigenvalue weighted by Gasteiger charge is 2.27. The van der Waals surface area contributed by atoms with E-state index in [4.69, 9.17) is 4.74 Å². The number of amides is 1. The molecule has 0 aromatic heterocycles. The van der Waals surface area contributed by atoms with Crippen molar-refractivity contribution in [3.05, 3.63) is 70.8 Å². The van der Waals surface area contributed by atoms with Crippen molar-refractivity contribution in [2.75, 3.05) is 25.5 Å². The van der Waals surface area contributed by atoms with Crippen LogP contribution in [0.1, 0.15) is 23.6 Å². The van der Waals surface area contributed by atoms with Gasteiger partial charge in [0.1, 0.15) is 11.6 Å². The molecule has 3 rings (SSSR count). The Morgan fingerprint density at radius 1 is 1.13 bits per heavy atom. The fraction of sp³-hybridized carbons (Fsp3) is 0.292. The molecule has 0 N–H and O–H groups in total. The SMILES string of the molecule is C[C@H](OC(=O)/C(C#N)=C/c1ccc(N(C)C)cc1)C(=O)N1CCc2ccccc2C1. The number of fused-ring (bicyclic) bond motifs is 1. The monoisotopic (exact) mass is 403 g/mol. The minimum Gasteiger partial charge on any atom is -0.448 e. The van der Waals surface area contributed by atoms with Gasteiger partial charge >= 0.3 is 5.97 Å². The van der Waals surface area contributed by atoms with Gasteiger partial charge in [-0.2, -0.15) is 5.26 Å². The fourth-order valence-corrected chi connectivity index (χ4v) is 3.39. The molecule has 1 amide bonds. The van der Waals surface area contributed by atoms with Gasteiger partial charge in [-0.05, 0) is 48.2 Å². The van der Waals surface area contributed by atoms with Gasteiger partial charge in [0.05, 0.1) is 0 Å². The van der Waals surface area contributed by atoms with Crippen molar-refractivity contribution >= 4 is 23.6 Å². The molecular weight excluding hydrogens is 378 g/mol. The number of esters is 1. The molecule has 0 saturated heterocycles. The standard InChI is InChI=1S/C24H25N3O3/c1-17(23(28)27-13-12-19-6-4-5-7-20(19)16-27)30-24(29)21(15-25)14-18-8-10-22(11-9-18)26(2)3/h4-11,14,17H,12-13,16H2,1-3H3/b21-14+/t17-/m0/s1. The number of benzene rings is 2. The Morgan fingerprint density at radius 3 is 2.43 bits per heavy atom. The van der Waals surface area contributed by atoms with Crippen LogP contribution in [-0.2, 0) is 27.3 Å². The van der Waals surface area contributed by atoms with E-state index in [0.29, 0.717) is 18.7 Å². The zero-order valence-corrected chi connectivity index (χ0v) is 17.5. The molecular formula is C24H25N3O3. The van der Waals surface area contributed by atoms with E-state index >= 15 is 0 Å². The largest absolute Gasteiger partial charge is 0.448 e. The maximum Gasteiger partial charge on any atom is 0.349 e. The normalized spacial score (nSPS) is 14.3. The molecule has 30 heavy (non-hydrogen) atoms. The van der Waals surface area contributed by atoms with E-state index < -0.39 is 12.1 Å². The summed E-state index contributed by atoms with van der Waals surface area (Å²) in [6.07, 6.45) is 1.28. The van der Waals surface area contributed by atoms with Crippen molar-refractivity contribution in [2.45, 2.75) is 26.0 Å². The molecule has 6 heteroatoms. The van der Waals surface area contributed by atoms with E-state index in [1.165, 1.54) is 11.6 Å². The second-order valence-electron chi connectivity index (χ2n) is 7.48. The fourth-order valence-electron chi connectivity index (χ4n) is 3.39. The van der Waals surface area contributed by atoms with Crippen LogP contribution in [0, 0.1) is 11.3 Å². The van der Waals surface area contributed by atoms with E-state index in [2.05, 4.69) is 6.07 Å². The molecule has 0 spiro atoms. The first-order chi connectivity index (χ1) is 14.4. The molecule has 0 saturated carbocycles. The maximum absolute atomic E-state index is 12.8. The zero-order valence-electron chi connectivity index (χ0n) is 17.5. The number of carbonyl (C=O) groups is 2. The van der Waals surface area contributed by atoms with Crippen LogP contribution in [0.5, 0.6) is 0 Å². The molecule has 0 unspecified atom stereocenters. The lowest BCUT2D eigenvalue weighted by atomic mass is 9.99. The summed E-state index contributed by atoms with van der Waals surface area (Å²) in [6.45, 7) is 2.62. The molecule has 6 nitrogen and oxygen atoms in total. The van der Waals surface area contributed by atoms with Crippen molar-refractivity contribution in [2.24, 2.45) is 0 Å². The van der Waals surface area contributed by atoms with Crippen LogP contribution >= 0.6 is 0 Å². The highest BCUT2D eigenvalue weighted by atomic mass is 16.5. The summed E-state index contributed by atoms with van der Waals surface area (Å²) < 4.78 is 5.31. The molecule has 1 heterocycles. The van der Waals surface area contributed by atoms with Gasteiger partial charge in [-0.25, -0.2) is 4.79 Å². The Morgan fingerprint density at radius 2 is 1.80 bits per heavy atom. The molecule has 0 radical (unpaired) electrons. The number of ether oxygens (including phenoxy) is 1. The minimum atomic E-state index is -0.962. The van der Waals surface area contributed by atoms with Gasteiger partial charge in [0, 0.05) is 32.9 Å². The smallest absolute Gasteiger partial charge is 0.349 e. The number of anilines is 1. The molecule has 2 aromatic carbocycles. The number of nitriles is 1. The van der Waals surface area contributed by atoms with E-state index in [-0.39, 0.29) is 11.5 Å². The van der Waals surface area contributed by atoms with E-state index in [1.54, 1.807) is 11.8 Å². The van der Waals surface area contributed by atoms with Crippen molar-refractivity contribution in [3.8, 4) is 6.07 Å². The van der Waals surface area contributed by atoms with Crippen LogP contribution < -0.4 is 4.90 Å². The van der Waals surface area contributed by atoms with Crippen molar-refractivity contribution in [1.29, 1.82) is 5.26 Å². The van der Waals surface area contributed by atoms with Gasteiger partial charge in [-0.3, -0.25) is 4.79 Å². The van der Waals surface area contributed by atoms with Crippen LogP contribution in [0.15, 0.2) is 54.1 Å². The molecule has 154 valence electrons. The third kappa shape index (κ3) is 4.87. The van der Waals surface area contributed by atoms with Gasteiger partial charge in [-0.1, -0.05) is 36.4 Å². The summed E-state index contributed by atoms with van der Waals surface area (Å²) in [7, 11) is 3.87. The lowest BCUT2D eigenvalue weighted by molar-refractivity contribution is -0.156. The second-order valence-corrected chi connectivity index (χ2v) is 7.48. The number of hydrogen-bond acceptors (Lipinski definition) is 5. The highest BCUT2D eigenvalue weighted by Crippen LogP contribution is 2.20. The van der Waals surface area contributed by atoms with Gasteiger partial charge < -0.3 is 14.5 Å². The first-order valence-corrected chi connectivity index (χ1v) is 9.84. The second kappa shape index (κ2) is 9.27. The topological polar surface area (TPSA) is 73.6 Å². The lowest BCUT2D eigenvalue weighted by Crippen LogP contribution is -2.42. The van der Waals surface area contributed by atoms with Gasteiger partial charge in [-0.15, -0.1) is 0 Å². The summed E-state index contributed by atoms with van der Waals surface area (Å²) in [4.78, 5) is 28.9. The molecule has 1 aliphatic rings. The number of carbonyl (C=O) groups excluding carboxylic acids is 2. The number of nitrogens with zero attached hydrogens (tertiary/aromatic N) is 3. The summed E-state index contributed by atoms with van der Waals surface area (Å²) in [5.41, 5.74) is 3.92. The molecule has 1 atom stereocenters. The third-order valence-electron chi connectivity index (χ3n) is 5.13. The number of hydrogen-bond donors (Lipinski definition) is 0. The summed E-state index contributed by atoms with van der Waals surface area (Å²) in [6, 6.07) is 17.3. The Hall–Kier alpha value is -3.59. The lowest BCUT2D eigenvalue weighted by Gasteiger charge is -2.30. The predicted octanol–water partition coefficient (Wildman–Crippen LogP) is 3.18. The molecule has 0 fully saturated rings. The summed E-state index contributed by atoms with van der Waals surface area (Å²) in [5, 5.41) is 9.39. The number of rotatable bonds is 5. The minimum absolute atomic E-state index is 0.142.